The Balaban J connectivity index is 1.39. The summed E-state index contributed by atoms with van der Waals surface area (Å²) in [5, 5.41) is 6.07. The van der Waals surface area contributed by atoms with Crippen LogP contribution in [0.3, 0.4) is 0 Å². The molecule has 5 rings (SSSR count). The summed E-state index contributed by atoms with van der Waals surface area (Å²) in [5.41, 5.74) is 4.92. The average molecular weight is 481 g/mol. The number of nitrogens with one attached hydrogen (secondary N) is 2. The lowest BCUT2D eigenvalue weighted by molar-refractivity contribution is 0.0926. The second-order valence-corrected chi connectivity index (χ2v) is 10.7. The molecular weight excluding hydrogens is 452 g/mol. The van der Waals surface area contributed by atoms with Crippen molar-refractivity contribution >= 4 is 27.6 Å². The fraction of sp³-hybridized carbons (Fsp3) is 0.375. The van der Waals surface area contributed by atoms with E-state index >= 15 is 0 Å². The van der Waals surface area contributed by atoms with Gasteiger partial charge in [-0.25, -0.2) is 18.4 Å². The Hall–Kier alpha value is -3.24. The predicted octanol–water partition coefficient (Wildman–Crippen LogP) is 3.22. The van der Waals surface area contributed by atoms with Gasteiger partial charge in [0.25, 0.3) is 5.91 Å². The highest BCUT2D eigenvalue weighted by Gasteiger charge is 2.27. The summed E-state index contributed by atoms with van der Waals surface area (Å²) in [6.07, 6.45) is 4.56. The van der Waals surface area contributed by atoms with E-state index in [1.54, 1.807) is 34.8 Å². The molecule has 2 aliphatic heterocycles. The molecule has 1 amide bonds. The van der Waals surface area contributed by atoms with Crippen LogP contribution in [-0.2, 0) is 16.6 Å². The molecule has 0 spiro atoms. The standard InChI is InChI=1S/C24H28N6O3S/c1-16-21(17(2)30-15-12-25-23(31)22(16)30)20-10-11-26-24(28-20)27-18-6-8-19(9-7-18)34(32,33)29-13-4-3-5-14-29/h6-11H,3-5,12-15H2,1-2H3,(H,25,31)(H,26,27,28). The maximum atomic E-state index is 12.9. The maximum Gasteiger partial charge on any atom is 0.268 e. The quantitative estimate of drug-likeness (QED) is 0.580. The Kier molecular flexibility index (Phi) is 5.86. The Morgan fingerprint density at radius 3 is 2.44 bits per heavy atom. The van der Waals surface area contributed by atoms with Gasteiger partial charge in [0.05, 0.1) is 10.6 Å². The molecule has 4 heterocycles. The summed E-state index contributed by atoms with van der Waals surface area (Å²) in [5.74, 6) is 0.335. The SMILES string of the molecule is Cc1c(-c2ccnc(Nc3ccc(S(=O)(=O)N4CCCCC4)cc3)n2)c(C)n2c1C(=O)NCC2. The number of nitrogens with zero attached hydrogens (tertiary/aromatic N) is 4. The van der Waals surface area contributed by atoms with E-state index in [1.165, 1.54) is 0 Å². The molecule has 1 fully saturated rings. The van der Waals surface area contributed by atoms with Crippen LogP contribution >= 0.6 is 0 Å². The lowest BCUT2D eigenvalue weighted by Crippen LogP contribution is -2.35. The monoisotopic (exact) mass is 480 g/mol. The van der Waals surface area contributed by atoms with E-state index in [1.807, 2.05) is 24.5 Å². The normalized spacial score (nSPS) is 16.7. The minimum absolute atomic E-state index is 0.0647. The number of fused-ring (bicyclic) bond motifs is 1. The third-order valence-corrected chi connectivity index (χ3v) is 8.49. The van der Waals surface area contributed by atoms with E-state index < -0.39 is 10.0 Å². The van der Waals surface area contributed by atoms with Crippen LogP contribution < -0.4 is 10.6 Å². The predicted molar refractivity (Wildman–Crippen MR) is 130 cm³/mol. The van der Waals surface area contributed by atoms with Gasteiger partial charge in [0.2, 0.25) is 16.0 Å². The largest absolute Gasteiger partial charge is 0.349 e. The Labute approximate surface area is 199 Å². The minimum atomic E-state index is -3.47. The smallest absolute Gasteiger partial charge is 0.268 e. The molecule has 0 unspecified atom stereocenters. The number of anilines is 2. The number of rotatable bonds is 5. The van der Waals surface area contributed by atoms with Gasteiger partial charge in [-0.1, -0.05) is 6.42 Å². The Morgan fingerprint density at radius 2 is 1.74 bits per heavy atom. The van der Waals surface area contributed by atoms with Gasteiger partial charge in [-0.05, 0) is 62.6 Å². The highest BCUT2D eigenvalue weighted by molar-refractivity contribution is 7.89. The zero-order valence-electron chi connectivity index (χ0n) is 19.3. The van der Waals surface area contributed by atoms with Gasteiger partial charge >= 0.3 is 0 Å². The molecule has 2 aromatic heterocycles. The van der Waals surface area contributed by atoms with Gasteiger partial charge in [-0.15, -0.1) is 0 Å². The zero-order chi connectivity index (χ0) is 23.9. The molecule has 0 radical (unpaired) electrons. The first kappa shape index (κ1) is 22.5. The average Bonchev–Trinajstić information content (AvgIpc) is 3.11. The molecule has 9 nitrogen and oxygen atoms in total. The van der Waals surface area contributed by atoms with Crippen molar-refractivity contribution in [1.29, 1.82) is 0 Å². The number of sulfonamides is 1. The van der Waals surface area contributed by atoms with Crippen LogP contribution in [0.4, 0.5) is 11.6 Å². The second-order valence-electron chi connectivity index (χ2n) is 8.72. The third-order valence-electron chi connectivity index (χ3n) is 6.58. The molecule has 2 N–H and O–H groups in total. The number of hydrogen-bond acceptors (Lipinski definition) is 6. The number of benzene rings is 1. The molecule has 2 aliphatic rings. The van der Waals surface area contributed by atoms with E-state index in [9.17, 15) is 13.2 Å². The first-order valence-electron chi connectivity index (χ1n) is 11.5. The van der Waals surface area contributed by atoms with Crippen molar-refractivity contribution in [3.63, 3.8) is 0 Å². The van der Waals surface area contributed by atoms with Gasteiger partial charge in [0.15, 0.2) is 0 Å². The molecular formula is C24H28N6O3S. The van der Waals surface area contributed by atoms with Crippen molar-refractivity contribution in [3.05, 3.63) is 53.5 Å². The first-order valence-corrected chi connectivity index (χ1v) is 13.0. The van der Waals surface area contributed by atoms with Crippen molar-refractivity contribution in [3.8, 4) is 11.3 Å². The van der Waals surface area contributed by atoms with Crippen LogP contribution in [0.2, 0.25) is 0 Å². The van der Waals surface area contributed by atoms with Crippen molar-refractivity contribution in [2.75, 3.05) is 25.0 Å². The Morgan fingerprint density at radius 1 is 1.00 bits per heavy atom. The van der Waals surface area contributed by atoms with Gasteiger partial charge in [0, 0.05) is 49.3 Å². The van der Waals surface area contributed by atoms with Crippen LogP contribution in [-0.4, -0.2) is 52.8 Å². The number of hydrogen-bond donors (Lipinski definition) is 2. The molecule has 0 saturated carbocycles. The van der Waals surface area contributed by atoms with Gasteiger partial charge in [-0.3, -0.25) is 4.79 Å². The number of carbonyl (C=O) groups excluding carboxylic acids is 1. The van der Waals surface area contributed by atoms with Crippen LogP contribution in [0.25, 0.3) is 11.3 Å². The first-order chi connectivity index (χ1) is 16.4. The highest BCUT2D eigenvalue weighted by atomic mass is 32.2. The molecule has 10 heteroatoms. The lowest BCUT2D eigenvalue weighted by atomic mass is 10.1. The number of carbonyl (C=O) groups is 1. The summed E-state index contributed by atoms with van der Waals surface area (Å²) < 4.78 is 29.4. The molecule has 1 saturated heterocycles. The number of piperidine rings is 1. The summed E-state index contributed by atoms with van der Waals surface area (Å²) in [6, 6.07) is 8.52. The molecule has 1 aromatic carbocycles. The van der Waals surface area contributed by atoms with E-state index in [4.69, 9.17) is 0 Å². The van der Waals surface area contributed by atoms with Crippen molar-refractivity contribution in [1.82, 2.24) is 24.2 Å². The molecule has 0 aliphatic carbocycles. The topological polar surface area (TPSA) is 109 Å². The molecule has 178 valence electrons. The van der Waals surface area contributed by atoms with Crippen molar-refractivity contribution < 1.29 is 13.2 Å². The van der Waals surface area contributed by atoms with E-state index in [2.05, 4.69) is 20.6 Å². The van der Waals surface area contributed by atoms with Gasteiger partial charge in [0.1, 0.15) is 5.69 Å². The van der Waals surface area contributed by atoms with Crippen LogP contribution in [0.15, 0.2) is 41.4 Å². The molecule has 0 bridgehead atoms. The van der Waals surface area contributed by atoms with E-state index in [0.717, 1.165) is 48.3 Å². The molecule has 0 atom stereocenters. The number of amides is 1. The lowest BCUT2D eigenvalue weighted by Gasteiger charge is -2.25. The van der Waals surface area contributed by atoms with Crippen LogP contribution in [0, 0.1) is 13.8 Å². The summed E-state index contributed by atoms with van der Waals surface area (Å²) in [4.78, 5) is 21.7. The fourth-order valence-electron chi connectivity index (χ4n) is 4.86. The molecule has 3 aromatic rings. The van der Waals surface area contributed by atoms with Crippen molar-refractivity contribution in [2.45, 2.75) is 44.6 Å². The summed E-state index contributed by atoms with van der Waals surface area (Å²) in [7, 11) is -3.47. The summed E-state index contributed by atoms with van der Waals surface area (Å²) in [6.45, 7) is 6.44. The maximum absolute atomic E-state index is 12.9. The zero-order valence-corrected chi connectivity index (χ0v) is 20.2. The summed E-state index contributed by atoms with van der Waals surface area (Å²) >= 11 is 0. The third kappa shape index (κ3) is 3.97. The minimum Gasteiger partial charge on any atom is -0.349 e. The van der Waals surface area contributed by atoms with Crippen molar-refractivity contribution in [2.24, 2.45) is 0 Å². The second kappa shape index (κ2) is 8.84. The molecule has 34 heavy (non-hydrogen) atoms. The van der Waals surface area contributed by atoms with Gasteiger partial charge < -0.3 is 15.2 Å². The van der Waals surface area contributed by atoms with E-state index in [-0.39, 0.29) is 5.91 Å². The highest BCUT2D eigenvalue weighted by Crippen LogP contribution is 2.32. The number of aromatic nitrogens is 3. The fourth-order valence-corrected chi connectivity index (χ4v) is 6.38. The van der Waals surface area contributed by atoms with Crippen LogP contribution in [0.5, 0.6) is 0 Å². The Bertz CT molecular complexity index is 1340. The van der Waals surface area contributed by atoms with Crippen LogP contribution in [0.1, 0.15) is 41.0 Å². The van der Waals surface area contributed by atoms with E-state index in [0.29, 0.717) is 41.9 Å². The van der Waals surface area contributed by atoms with Gasteiger partial charge in [-0.2, -0.15) is 4.31 Å².